The highest BCUT2D eigenvalue weighted by Crippen LogP contribution is 2.27. The van der Waals surface area contributed by atoms with Crippen LogP contribution in [0.5, 0.6) is 0 Å². The molecule has 0 aliphatic carbocycles. The topological polar surface area (TPSA) is 40.5 Å². The minimum atomic E-state index is -2.31. The van der Waals surface area contributed by atoms with Crippen molar-refractivity contribution in [3.05, 3.63) is 34.6 Å². The third-order valence-electron chi connectivity index (χ3n) is 3.39. The van der Waals surface area contributed by atoms with Crippen LogP contribution in [0.2, 0.25) is 0 Å². The van der Waals surface area contributed by atoms with Gasteiger partial charge in [-0.2, -0.15) is 0 Å². The van der Waals surface area contributed by atoms with Gasteiger partial charge < -0.3 is 10.0 Å². The maximum Gasteiger partial charge on any atom is 0.260 e. The summed E-state index contributed by atoms with van der Waals surface area (Å²) in [5.74, 6) is -12.3. The average molecular weight is 309 g/mol. The lowest BCUT2D eigenvalue weighted by Gasteiger charge is -2.36. The van der Waals surface area contributed by atoms with Crippen molar-refractivity contribution in [3.63, 3.8) is 0 Å². The summed E-state index contributed by atoms with van der Waals surface area (Å²) >= 11 is 0. The van der Waals surface area contributed by atoms with Crippen LogP contribution in [-0.4, -0.2) is 34.6 Å². The summed E-state index contributed by atoms with van der Waals surface area (Å²) in [5, 5.41) is 9.84. The number of hydrogen-bond donors (Lipinski definition) is 1. The van der Waals surface area contributed by atoms with Gasteiger partial charge in [-0.1, -0.05) is 0 Å². The van der Waals surface area contributed by atoms with Crippen molar-refractivity contribution in [1.82, 2.24) is 4.90 Å². The molecular formula is C13H12F5NO2. The molecule has 1 aliphatic rings. The molecule has 1 unspecified atom stereocenters. The van der Waals surface area contributed by atoms with Crippen molar-refractivity contribution in [2.24, 2.45) is 0 Å². The fourth-order valence-electron chi connectivity index (χ4n) is 2.34. The lowest BCUT2D eigenvalue weighted by molar-refractivity contribution is -0.0111. The lowest BCUT2D eigenvalue weighted by atomic mass is 9.94. The normalized spacial score (nSPS) is 22.5. The van der Waals surface area contributed by atoms with Gasteiger partial charge in [0.05, 0.1) is 5.60 Å². The Kier molecular flexibility index (Phi) is 3.92. The first-order valence-electron chi connectivity index (χ1n) is 6.19. The van der Waals surface area contributed by atoms with E-state index in [2.05, 4.69) is 0 Å². The fraction of sp³-hybridized carbons (Fsp3) is 0.462. The third-order valence-corrected chi connectivity index (χ3v) is 3.39. The summed E-state index contributed by atoms with van der Waals surface area (Å²) < 4.78 is 66.3. The summed E-state index contributed by atoms with van der Waals surface area (Å²) in [6.07, 6.45) is 0.724. The summed E-state index contributed by atoms with van der Waals surface area (Å²) in [4.78, 5) is 12.9. The molecule has 1 aromatic carbocycles. The standard InChI is InChI=1S/C13H12F5NO2/c1-13(21)3-2-4-19(5-13)12(20)6-7(14)9(16)11(18)10(17)8(6)15/h21H,2-5H2,1H3. The number of carbonyl (C=O) groups excluding carboxylic acids is 1. The smallest absolute Gasteiger partial charge is 0.260 e. The Morgan fingerprint density at radius 3 is 2.00 bits per heavy atom. The molecule has 21 heavy (non-hydrogen) atoms. The highest BCUT2D eigenvalue weighted by molar-refractivity contribution is 5.95. The number of amides is 1. The molecule has 8 heteroatoms. The van der Waals surface area contributed by atoms with E-state index in [9.17, 15) is 31.9 Å². The monoisotopic (exact) mass is 309 g/mol. The van der Waals surface area contributed by atoms with Gasteiger partial charge in [-0.05, 0) is 19.8 Å². The second-order valence-corrected chi connectivity index (χ2v) is 5.27. The van der Waals surface area contributed by atoms with Crippen LogP contribution < -0.4 is 0 Å². The zero-order valence-electron chi connectivity index (χ0n) is 11.0. The van der Waals surface area contributed by atoms with Crippen molar-refractivity contribution in [2.75, 3.05) is 13.1 Å². The van der Waals surface area contributed by atoms with Gasteiger partial charge in [0.1, 0.15) is 5.56 Å². The van der Waals surface area contributed by atoms with Crippen molar-refractivity contribution < 1.29 is 31.9 Å². The van der Waals surface area contributed by atoms with Gasteiger partial charge >= 0.3 is 0 Å². The molecule has 1 fully saturated rings. The fourth-order valence-corrected chi connectivity index (χ4v) is 2.34. The minimum Gasteiger partial charge on any atom is -0.388 e. The number of piperidine rings is 1. The van der Waals surface area contributed by atoms with E-state index in [0.29, 0.717) is 12.8 Å². The molecule has 0 radical (unpaired) electrons. The Bertz CT molecular complexity index is 574. The third kappa shape index (κ3) is 2.72. The number of rotatable bonds is 1. The predicted molar refractivity (Wildman–Crippen MR) is 62.0 cm³/mol. The molecule has 1 amide bonds. The van der Waals surface area contributed by atoms with Crippen LogP contribution in [0.4, 0.5) is 22.0 Å². The van der Waals surface area contributed by atoms with Crippen LogP contribution in [0.25, 0.3) is 0 Å². The van der Waals surface area contributed by atoms with Gasteiger partial charge in [0, 0.05) is 13.1 Å². The highest BCUT2D eigenvalue weighted by Gasteiger charge is 2.36. The molecule has 0 bridgehead atoms. The molecule has 1 atom stereocenters. The van der Waals surface area contributed by atoms with Crippen molar-refractivity contribution in [1.29, 1.82) is 0 Å². The Balaban J connectivity index is 2.45. The molecule has 0 saturated carbocycles. The Morgan fingerprint density at radius 2 is 1.52 bits per heavy atom. The SMILES string of the molecule is CC1(O)CCCN(C(=O)c2c(F)c(F)c(F)c(F)c2F)C1. The van der Waals surface area contributed by atoms with Crippen molar-refractivity contribution >= 4 is 5.91 Å². The second kappa shape index (κ2) is 5.25. The van der Waals surface area contributed by atoms with Crippen LogP contribution in [0.3, 0.4) is 0 Å². The van der Waals surface area contributed by atoms with E-state index in [1.807, 2.05) is 0 Å². The van der Waals surface area contributed by atoms with Gasteiger partial charge in [0.2, 0.25) is 5.82 Å². The van der Waals surface area contributed by atoms with E-state index in [4.69, 9.17) is 0 Å². The molecule has 2 rings (SSSR count). The first-order chi connectivity index (χ1) is 9.65. The summed E-state index contributed by atoms with van der Waals surface area (Å²) in [7, 11) is 0. The van der Waals surface area contributed by atoms with E-state index >= 15 is 0 Å². The van der Waals surface area contributed by atoms with Crippen LogP contribution in [0.1, 0.15) is 30.1 Å². The number of nitrogens with zero attached hydrogens (tertiary/aromatic N) is 1. The number of aliphatic hydroxyl groups is 1. The molecule has 1 saturated heterocycles. The molecule has 1 aromatic rings. The van der Waals surface area contributed by atoms with E-state index in [0.717, 1.165) is 4.90 Å². The van der Waals surface area contributed by atoms with E-state index < -0.39 is 46.2 Å². The largest absolute Gasteiger partial charge is 0.388 e. The van der Waals surface area contributed by atoms with Gasteiger partial charge in [0.15, 0.2) is 23.3 Å². The number of halogens is 5. The predicted octanol–water partition coefficient (Wildman–Crippen LogP) is 2.37. The Hall–Kier alpha value is -1.70. The quantitative estimate of drug-likeness (QED) is 0.491. The minimum absolute atomic E-state index is 0.0640. The van der Waals surface area contributed by atoms with E-state index in [-0.39, 0.29) is 13.1 Å². The molecule has 0 spiro atoms. The lowest BCUT2D eigenvalue weighted by Crippen LogP contribution is -2.49. The summed E-state index contributed by atoms with van der Waals surface area (Å²) in [6.45, 7) is 1.24. The molecule has 1 N–H and O–H groups in total. The van der Waals surface area contributed by atoms with Crippen LogP contribution in [-0.2, 0) is 0 Å². The van der Waals surface area contributed by atoms with Gasteiger partial charge in [0.25, 0.3) is 5.91 Å². The highest BCUT2D eigenvalue weighted by atomic mass is 19.2. The summed E-state index contributed by atoms with van der Waals surface area (Å²) in [5.41, 5.74) is -2.76. The van der Waals surface area contributed by atoms with Crippen molar-refractivity contribution in [2.45, 2.75) is 25.4 Å². The van der Waals surface area contributed by atoms with Crippen LogP contribution in [0, 0.1) is 29.1 Å². The first kappa shape index (κ1) is 15.7. The second-order valence-electron chi connectivity index (χ2n) is 5.27. The Labute approximate surface area is 117 Å². The summed E-state index contributed by atoms with van der Waals surface area (Å²) in [6, 6.07) is 0. The number of carbonyl (C=O) groups is 1. The Morgan fingerprint density at radius 1 is 1.05 bits per heavy atom. The molecular weight excluding hydrogens is 297 g/mol. The van der Waals surface area contributed by atoms with Crippen molar-refractivity contribution in [3.8, 4) is 0 Å². The van der Waals surface area contributed by atoms with Crippen LogP contribution in [0.15, 0.2) is 0 Å². The first-order valence-corrected chi connectivity index (χ1v) is 6.19. The molecule has 0 aromatic heterocycles. The van der Waals surface area contributed by atoms with E-state index in [1.165, 1.54) is 6.92 Å². The number of hydrogen-bond acceptors (Lipinski definition) is 2. The zero-order valence-corrected chi connectivity index (χ0v) is 11.0. The molecule has 116 valence electrons. The molecule has 1 aliphatic heterocycles. The number of benzene rings is 1. The van der Waals surface area contributed by atoms with Gasteiger partial charge in [-0.15, -0.1) is 0 Å². The van der Waals surface area contributed by atoms with Gasteiger partial charge in [-0.3, -0.25) is 4.79 Å². The number of likely N-dealkylation sites (tertiary alicyclic amines) is 1. The number of β-amino-alcohol motifs (C(OH)–C–C–N with tert-alkyl or cyclic N) is 1. The van der Waals surface area contributed by atoms with Crippen LogP contribution >= 0.6 is 0 Å². The maximum atomic E-state index is 13.6. The molecule has 1 heterocycles. The molecule has 3 nitrogen and oxygen atoms in total. The maximum absolute atomic E-state index is 13.6. The van der Waals surface area contributed by atoms with Gasteiger partial charge in [-0.25, -0.2) is 22.0 Å². The zero-order chi connectivity index (χ0) is 15.9. The van der Waals surface area contributed by atoms with E-state index in [1.54, 1.807) is 0 Å². The average Bonchev–Trinajstić information content (AvgIpc) is 2.42.